The first-order valence-corrected chi connectivity index (χ1v) is 13.3. The van der Waals surface area contributed by atoms with Crippen molar-refractivity contribution in [2.75, 3.05) is 0 Å². The van der Waals surface area contributed by atoms with Crippen molar-refractivity contribution in [2.45, 2.75) is 135 Å². The predicted molar refractivity (Wildman–Crippen MR) is 127 cm³/mol. The molecule has 1 heteroatoms. The molecular weight excluding hydrogens is 350 g/mol. The predicted octanol–water partition coefficient (Wildman–Crippen LogP) is 9.18. The largest absolute Gasteiger partial charge is 0.261 e. The van der Waals surface area contributed by atoms with Crippen molar-refractivity contribution in [3.8, 4) is 0 Å². The Labute approximate surface area is 181 Å². The van der Waals surface area contributed by atoms with Crippen LogP contribution in [0.3, 0.4) is 0 Å². The second-order valence-corrected chi connectivity index (χ2v) is 10.3. The van der Waals surface area contributed by atoms with Crippen LogP contribution in [0.15, 0.2) is 18.3 Å². The van der Waals surface area contributed by atoms with Crippen molar-refractivity contribution in [3.63, 3.8) is 0 Å². The highest BCUT2D eigenvalue weighted by Crippen LogP contribution is 2.39. The fourth-order valence-corrected chi connectivity index (χ4v) is 5.97. The maximum absolute atomic E-state index is 4.97. The van der Waals surface area contributed by atoms with Crippen LogP contribution in [0.1, 0.15) is 146 Å². The Morgan fingerprint density at radius 3 is 1.76 bits per heavy atom. The van der Waals surface area contributed by atoms with Crippen molar-refractivity contribution < 1.29 is 0 Å². The fraction of sp³-hybridized carbons (Fsp3) is 0.821. The van der Waals surface area contributed by atoms with E-state index >= 15 is 0 Å². The van der Waals surface area contributed by atoms with Crippen LogP contribution in [-0.4, -0.2) is 4.98 Å². The number of hydrogen-bond acceptors (Lipinski definition) is 1. The van der Waals surface area contributed by atoms with Crippen LogP contribution in [-0.2, 0) is 0 Å². The number of unbranched alkanes of at least 4 members (excludes halogenated alkanes) is 5. The molecule has 0 unspecified atom stereocenters. The number of nitrogens with zero attached hydrogens (tertiary/aromatic N) is 1. The maximum atomic E-state index is 4.97. The van der Waals surface area contributed by atoms with E-state index in [1.807, 2.05) is 0 Å². The molecule has 0 saturated heterocycles. The Balaban J connectivity index is 1.38. The summed E-state index contributed by atoms with van der Waals surface area (Å²) >= 11 is 0. The van der Waals surface area contributed by atoms with Gasteiger partial charge in [-0.25, -0.2) is 0 Å². The number of pyridine rings is 1. The van der Waals surface area contributed by atoms with Gasteiger partial charge in [0, 0.05) is 17.8 Å². The highest BCUT2D eigenvalue weighted by atomic mass is 14.7. The zero-order valence-corrected chi connectivity index (χ0v) is 19.5. The summed E-state index contributed by atoms with van der Waals surface area (Å²) in [5.41, 5.74) is 2.90. The lowest BCUT2D eigenvalue weighted by Gasteiger charge is -2.30. The van der Waals surface area contributed by atoms with Crippen molar-refractivity contribution >= 4 is 0 Å². The van der Waals surface area contributed by atoms with Crippen molar-refractivity contribution in [1.29, 1.82) is 0 Å². The van der Waals surface area contributed by atoms with E-state index in [1.54, 1.807) is 0 Å². The highest BCUT2D eigenvalue weighted by Gasteiger charge is 2.25. The average Bonchev–Trinajstić information content (AvgIpc) is 2.78. The molecule has 1 aromatic heterocycles. The number of hydrogen-bond donors (Lipinski definition) is 0. The van der Waals surface area contributed by atoms with Crippen LogP contribution >= 0.6 is 0 Å². The molecule has 3 rings (SSSR count). The molecule has 0 N–H and O–H groups in total. The third-order valence-electron chi connectivity index (χ3n) is 8.07. The van der Waals surface area contributed by atoms with E-state index in [0.717, 1.165) is 23.7 Å². The minimum absolute atomic E-state index is 0.727. The zero-order valence-electron chi connectivity index (χ0n) is 19.5. The molecule has 0 radical (unpaired) electrons. The van der Waals surface area contributed by atoms with Gasteiger partial charge in [-0.1, -0.05) is 77.7 Å². The van der Waals surface area contributed by atoms with Gasteiger partial charge >= 0.3 is 0 Å². The second kappa shape index (κ2) is 12.8. The molecule has 164 valence electrons. The minimum Gasteiger partial charge on any atom is -0.261 e. The SMILES string of the molecule is CCCCCCC1CCC(c2ccc(C3CCC(CCCCC)CC3)cn2)CC1. The number of aromatic nitrogens is 1. The normalized spacial score (nSPS) is 27.8. The van der Waals surface area contributed by atoms with Crippen LogP contribution in [0.5, 0.6) is 0 Å². The molecule has 0 aliphatic heterocycles. The zero-order chi connectivity index (χ0) is 20.3. The molecule has 1 heterocycles. The molecule has 0 spiro atoms. The van der Waals surface area contributed by atoms with Gasteiger partial charge in [0.2, 0.25) is 0 Å². The van der Waals surface area contributed by atoms with E-state index in [-0.39, 0.29) is 0 Å². The summed E-state index contributed by atoms with van der Waals surface area (Å²) in [6, 6.07) is 4.82. The van der Waals surface area contributed by atoms with Crippen LogP contribution in [0, 0.1) is 11.8 Å². The van der Waals surface area contributed by atoms with E-state index < -0.39 is 0 Å². The monoisotopic (exact) mass is 397 g/mol. The molecule has 2 aliphatic carbocycles. The van der Waals surface area contributed by atoms with Crippen LogP contribution in [0.25, 0.3) is 0 Å². The molecular formula is C28H47N. The first kappa shape index (κ1) is 22.8. The van der Waals surface area contributed by atoms with Crippen LogP contribution in [0.4, 0.5) is 0 Å². The molecule has 1 nitrogen and oxygen atoms in total. The van der Waals surface area contributed by atoms with E-state index in [0.29, 0.717) is 0 Å². The van der Waals surface area contributed by atoms with Gasteiger partial charge in [-0.3, -0.25) is 4.98 Å². The van der Waals surface area contributed by atoms with E-state index in [2.05, 4.69) is 32.2 Å². The molecule has 2 saturated carbocycles. The fourth-order valence-electron chi connectivity index (χ4n) is 5.97. The van der Waals surface area contributed by atoms with Crippen LogP contribution < -0.4 is 0 Å². The molecule has 0 amide bonds. The maximum Gasteiger partial charge on any atom is 0.0434 e. The van der Waals surface area contributed by atoms with Gasteiger partial charge in [0.15, 0.2) is 0 Å². The van der Waals surface area contributed by atoms with Gasteiger partial charge in [-0.2, -0.15) is 0 Å². The number of rotatable bonds is 11. The Bertz CT molecular complexity index is 532. The summed E-state index contributed by atoms with van der Waals surface area (Å²) < 4.78 is 0. The Hall–Kier alpha value is -0.850. The molecule has 1 aromatic rings. The van der Waals surface area contributed by atoms with E-state index in [1.165, 1.54) is 120 Å². The van der Waals surface area contributed by atoms with Crippen LogP contribution in [0.2, 0.25) is 0 Å². The van der Waals surface area contributed by atoms with Gasteiger partial charge in [0.05, 0.1) is 0 Å². The molecule has 0 atom stereocenters. The topological polar surface area (TPSA) is 12.9 Å². The van der Waals surface area contributed by atoms with E-state index in [9.17, 15) is 0 Å². The summed E-state index contributed by atoms with van der Waals surface area (Å²) in [4.78, 5) is 4.97. The van der Waals surface area contributed by atoms with Crippen molar-refractivity contribution in [3.05, 3.63) is 29.6 Å². The first-order chi connectivity index (χ1) is 14.3. The summed E-state index contributed by atoms with van der Waals surface area (Å²) in [5.74, 6) is 3.50. The molecule has 29 heavy (non-hydrogen) atoms. The minimum atomic E-state index is 0.727. The van der Waals surface area contributed by atoms with Gasteiger partial charge in [-0.05, 0) is 80.8 Å². The van der Waals surface area contributed by atoms with E-state index in [4.69, 9.17) is 4.98 Å². The molecule has 0 aromatic carbocycles. The Kier molecular flexibility index (Phi) is 10.0. The van der Waals surface area contributed by atoms with Gasteiger partial charge < -0.3 is 0 Å². The lowest BCUT2D eigenvalue weighted by Crippen LogP contribution is -2.15. The third-order valence-corrected chi connectivity index (χ3v) is 8.07. The lowest BCUT2D eigenvalue weighted by atomic mass is 9.76. The van der Waals surface area contributed by atoms with Gasteiger partial charge in [0.1, 0.15) is 0 Å². The molecule has 0 bridgehead atoms. The van der Waals surface area contributed by atoms with Gasteiger partial charge in [0.25, 0.3) is 0 Å². The van der Waals surface area contributed by atoms with Crippen molar-refractivity contribution in [1.82, 2.24) is 4.98 Å². The Morgan fingerprint density at radius 2 is 1.21 bits per heavy atom. The highest BCUT2D eigenvalue weighted by molar-refractivity contribution is 5.21. The quantitative estimate of drug-likeness (QED) is 0.339. The third kappa shape index (κ3) is 7.41. The summed E-state index contributed by atoms with van der Waals surface area (Å²) in [6.07, 6.45) is 26.4. The summed E-state index contributed by atoms with van der Waals surface area (Å²) in [6.45, 7) is 4.62. The first-order valence-electron chi connectivity index (χ1n) is 13.3. The standard InChI is InChI=1S/C28H47N/c1-3-5-7-9-11-24-14-18-26(19-15-24)28-21-20-27(22-29-28)25-16-12-23(13-17-25)10-8-6-4-2/h20-26H,3-19H2,1-2H3. The smallest absolute Gasteiger partial charge is 0.0434 e. The summed E-state index contributed by atoms with van der Waals surface area (Å²) in [5, 5.41) is 0. The Morgan fingerprint density at radius 1 is 0.655 bits per heavy atom. The van der Waals surface area contributed by atoms with Crippen molar-refractivity contribution in [2.24, 2.45) is 11.8 Å². The van der Waals surface area contributed by atoms with Gasteiger partial charge in [-0.15, -0.1) is 0 Å². The lowest BCUT2D eigenvalue weighted by molar-refractivity contribution is 0.298. The molecule has 2 fully saturated rings. The summed E-state index contributed by atoms with van der Waals surface area (Å²) in [7, 11) is 0. The second-order valence-electron chi connectivity index (χ2n) is 10.3. The average molecular weight is 398 g/mol. The molecule has 2 aliphatic rings.